The Balaban J connectivity index is 2.17. The van der Waals surface area contributed by atoms with Gasteiger partial charge in [-0.3, -0.25) is 9.36 Å². The quantitative estimate of drug-likeness (QED) is 0.692. The summed E-state index contributed by atoms with van der Waals surface area (Å²) in [4.78, 5) is 30.3. The fourth-order valence-electron chi connectivity index (χ4n) is 3.12. The molecule has 1 aliphatic carbocycles. The Morgan fingerprint density at radius 2 is 2.04 bits per heavy atom. The average molecular weight is 322 g/mol. The van der Waals surface area contributed by atoms with Crippen LogP contribution in [0.1, 0.15) is 24.4 Å². The molecule has 1 fully saturated rings. The zero-order chi connectivity index (χ0) is 16.8. The Hall–Kier alpha value is -2.89. The highest BCUT2D eigenvalue weighted by atomic mass is 16.2. The third kappa shape index (κ3) is 2.06. The van der Waals surface area contributed by atoms with E-state index in [0.717, 1.165) is 24.1 Å². The summed E-state index contributed by atoms with van der Waals surface area (Å²) in [6.07, 6.45) is 5.04. The standard InChI is InChI=1S/C18H18N4O2/c1-3-10-20-11-19-16-15(20)17(23)21(13-8-9-13)18(24)22(16)14-7-5-4-6-12(14)2/h3-7,11,13H,1,8-10H2,2H3. The molecule has 3 aromatic rings. The van der Waals surface area contributed by atoms with E-state index >= 15 is 0 Å². The smallest absolute Gasteiger partial charge is 0.321 e. The fourth-order valence-corrected chi connectivity index (χ4v) is 3.12. The lowest BCUT2D eigenvalue weighted by Gasteiger charge is -2.13. The Kier molecular flexibility index (Phi) is 3.26. The number of nitrogens with zero attached hydrogens (tertiary/aromatic N) is 4. The normalized spacial score (nSPS) is 14.2. The van der Waals surface area contributed by atoms with E-state index in [2.05, 4.69) is 11.6 Å². The van der Waals surface area contributed by atoms with E-state index in [1.165, 1.54) is 4.57 Å². The largest absolute Gasteiger partial charge is 0.337 e. The summed E-state index contributed by atoms with van der Waals surface area (Å²) < 4.78 is 4.69. The maximum absolute atomic E-state index is 13.1. The highest BCUT2D eigenvalue weighted by Crippen LogP contribution is 2.32. The Morgan fingerprint density at radius 1 is 1.29 bits per heavy atom. The second-order valence-electron chi connectivity index (χ2n) is 6.17. The van der Waals surface area contributed by atoms with Gasteiger partial charge in [-0.1, -0.05) is 24.3 Å². The lowest BCUT2D eigenvalue weighted by molar-refractivity contribution is 0.639. The first-order chi connectivity index (χ1) is 11.6. The molecule has 0 N–H and O–H groups in total. The second-order valence-corrected chi connectivity index (χ2v) is 6.17. The molecule has 1 aliphatic rings. The fraction of sp³-hybridized carbons (Fsp3) is 0.278. The molecule has 0 aliphatic heterocycles. The molecule has 0 radical (unpaired) electrons. The van der Waals surface area contributed by atoms with Crippen LogP contribution in [0, 0.1) is 6.92 Å². The highest BCUT2D eigenvalue weighted by Gasteiger charge is 2.30. The lowest BCUT2D eigenvalue weighted by atomic mass is 10.2. The molecular formula is C18H18N4O2. The van der Waals surface area contributed by atoms with Crippen molar-refractivity contribution < 1.29 is 0 Å². The number of hydrogen-bond donors (Lipinski definition) is 0. The van der Waals surface area contributed by atoms with Crippen LogP contribution in [-0.4, -0.2) is 18.7 Å². The van der Waals surface area contributed by atoms with Gasteiger partial charge in [-0.25, -0.2) is 14.3 Å². The Morgan fingerprint density at radius 3 is 2.71 bits per heavy atom. The van der Waals surface area contributed by atoms with Crippen LogP contribution in [0.15, 0.2) is 52.8 Å². The molecule has 0 atom stereocenters. The Labute approximate surface area is 138 Å². The minimum atomic E-state index is -0.312. The molecule has 2 heterocycles. The van der Waals surface area contributed by atoms with Gasteiger partial charge in [0, 0.05) is 12.6 Å². The van der Waals surface area contributed by atoms with Crippen LogP contribution < -0.4 is 11.2 Å². The molecule has 0 spiro atoms. The van der Waals surface area contributed by atoms with Crippen molar-refractivity contribution in [2.24, 2.45) is 0 Å². The summed E-state index contributed by atoms with van der Waals surface area (Å²) in [6, 6.07) is 7.63. The maximum Gasteiger partial charge on any atom is 0.337 e. The van der Waals surface area contributed by atoms with E-state index in [-0.39, 0.29) is 17.3 Å². The molecule has 0 unspecified atom stereocenters. The van der Waals surface area contributed by atoms with Crippen molar-refractivity contribution in [3.63, 3.8) is 0 Å². The van der Waals surface area contributed by atoms with E-state index < -0.39 is 0 Å². The molecule has 1 aromatic carbocycles. The summed E-state index contributed by atoms with van der Waals surface area (Å²) in [5.41, 5.74) is 1.99. The average Bonchev–Trinajstić information content (AvgIpc) is 3.30. The van der Waals surface area contributed by atoms with Crippen LogP contribution in [0.4, 0.5) is 0 Å². The SMILES string of the molecule is C=CCn1cnc2c1c(=O)n(C1CC1)c(=O)n2-c1ccccc1C. The first-order valence-electron chi connectivity index (χ1n) is 8.02. The zero-order valence-electron chi connectivity index (χ0n) is 13.5. The number of aryl methyl sites for hydroxylation is 1. The van der Waals surface area contributed by atoms with Crippen LogP contribution in [0.25, 0.3) is 16.9 Å². The first-order valence-corrected chi connectivity index (χ1v) is 8.02. The minimum Gasteiger partial charge on any atom is -0.321 e. The number of hydrogen-bond acceptors (Lipinski definition) is 3. The van der Waals surface area contributed by atoms with Gasteiger partial charge in [0.2, 0.25) is 0 Å². The third-order valence-electron chi connectivity index (χ3n) is 4.44. The number of para-hydroxylation sites is 1. The van der Waals surface area contributed by atoms with E-state index in [0.29, 0.717) is 17.7 Å². The summed E-state index contributed by atoms with van der Waals surface area (Å²) in [5, 5.41) is 0. The van der Waals surface area contributed by atoms with Crippen molar-refractivity contribution in [1.82, 2.24) is 18.7 Å². The monoisotopic (exact) mass is 322 g/mol. The minimum absolute atomic E-state index is 0.00301. The summed E-state index contributed by atoms with van der Waals surface area (Å²) in [6.45, 7) is 6.15. The van der Waals surface area contributed by atoms with Gasteiger partial charge in [-0.15, -0.1) is 6.58 Å². The topological polar surface area (TPSA) is 61.8 Å². The number of allylic oxidation sites excluding steroid dienone is 1. The van der Waals surface area contributed by atoms with Gasteiger partial charge in [0.05, 0.1) is 12.0 Å². The number of fused-ring (bicyclic) bond motifs is 1. The summed E-state index contributed by atoms with van der Waals surface area (Å²) in [5.74, 6) is 0. The van der Waals surface area contributed by atoms with Crippen molar-refractivity contribution in [2.75, 3.05) is 0 Å². The number of aromatic nitrogens is 4. The van der Waals surface area contributed by atoms with Crippen LogP contribution in [0.2, 0.25) is 0 Å². The van der Waals surface area contributed by atoms with Gasteiger partial charge in [-0.05, 0) is 31.4 Å². The van der Waals surface area contributed by atoms with Crippen LogP contribution in [0.3, 0.4) is 0 Å². The number of benzene rings is 1. The molecule has 0 saturated heterocycles. The molecule has 6 nitrogen and oxygen atoms in total. The van der Waals surface area contributed by atoms with E-state index in [4.69, 9.17) is 0 Å². The first kappa shape index (κ1) is 14.7. The molecule has 4 rings (SSSR count). The second kappa shape index (κ2) is 5.33. The van der Waals surface area contributed by atoms with Crippen molar-refractivity contribution in [3.05, 3.63) is 69.6 Å². The molecule has 122 valence electrons. The molecule has 2 aromatic heterocycles. The maximum atomic E-state index is 13.1. The van der Waals surface area contributed by atoms with Crippen molar-refractivity contribution >= 4 is 11.2 Å². The van der Waals surface area contributed by atoms with E-state index in [1.807, 2.05) is 31.2 Å². The van der Waals surface area contributed by atoms with Gasteiger partial charge in [0.25, 0.3) is 5.56 Å². The van der Waals surface area contributed by atoms with Gasteiger partial charge in [0.15, 0.2) is 11.2 Å². The predicted octanol–water partition coefficient (Wildman–Crippen LogP) is 2.18. The van der Waals surface area contributed by atoms with Crippen molar-refractivity contribution in [1.29, 1.82) is 0 Å². The van der Waals surface area contributed by atoms with Gasteiger partial charge in [0.1, 0.15) is 0 Å². The van der Waals surface area contributed by atoms with Gasteiger partial charge >= 0.3 is 5.69 Å². The zero-order valence-corrected chi connectivity index (χ0v) is 13.5. The molecule has 24 heavy (non-hydrogen) atoms. The predicted molar refractivity (Wildman–Crippen MR) is 92.8 cm³/mol. The Bertz CT molecular complexity index is 1070. The van der Waals surface area contributed by atoms with Crippen LogP contribution in [-0.2, 0) is 6.54 Å². The van der Waals surface area contributed by atoms with E-state index in [9.17, 15) is 9.59 Å². The van der Waals surface area contributed by atoms with Crippen molar-refractivity contribution in [2.45, 2.75) is 32.4 Å². The number of imidazole rings is 1. The summed E-state index contributed by atoms with van der Waals surface area (Å²) in [7, 11) is 0. The third-order valence-corrected chi connectivity index (χ3v) is 4.44. The van der Waals surface area contributed by atoms with Gasteiger partial charge in [-0.2, -0.15) is 0 Å². The number of rotatable bonds is 4. The van der Waals surface area contributed by atoms with E-state index in [1.54, 1.807) is 21.5 Å². The molecule has 0 bridgehead atoms. The van der Waals surface area contributed by atoms with Crippen LogP contribution in [0.5, 0.6) is 0 Å². The van der Waals surface area contributed by atoms with Gasteiger partial charge < -0.3 is 4.57 Å². The summed E-state index contributed by atoms with van der Waals surface area (Å²) >= 11 is 0. The molecule has 1 saturated carbocycles. The lowest BCUT2D eigenvalue weighted by Crippen LogP contribution is -2.39. The molecule has 6 heteroatoms. The molecular weight excluding hydrogens is 304 g/mol. The van der Waals surface area contributed by atoms with Crippen LogP contribution >= 0.6 is 0 Å². The highest BCUT2D eigenvalue weighted by molar-refractivity contribution is 5.73. The molecule has 0 amide bonds. The van der Waals surface area contributed by atoms with Crippen molar-refractivity contribution in [3.8, 4) is 5.69 Å².